The summed E-state index contributed by atoms with van der Waals surface area (Å²) in [6, 6.07) is 10.5. The molecule has 0 fully saturated rings. The van der Waals surface area contributed by atoms with E-state index in [1.807, 2.05) is 6.07 Å². The molecular formula is C22H28O4. The second-order valence-electron chi connectivity index (χ2n) is 6.80. The van der Waals surface area contributed by atoms with Crippen LogP contribution in [0.4, 0.5) is 0 Å². The van der Waals surface area contributed by atoms with Crippen molar-refractivity contribution in [3.63, 3.8) is 0 Å². The van der Waals surface area contributed by atoms with Crippen molar-refractivity contribution in [1.82, 2.24) is 0 Å². The van der Waals surface area contributed by atoms with E-state index in [9.17, 15) is 0 Å². The second kappa shape index (κ2) is 7.48. The molecule has 0 spiro atoms. The van der Waals surface area contributed by atoms with Gasteiger partial charge in [-0.1, -0.05) is 19.9 Å². The fourth-order valence-electron chi connectivity index (χ4n) is 4.42. The van der Waals surface area contributed by atoms with Crippen LogP contribution in [0.3, 0.4) is 0 Å². The van der Waals surface area contributed by atoms with Crippen LogP contribution in [0.2, 0.25) is 0 Å². The van der Waals surface area contributed by atoms with E-state index in [0.29, 0.717) is 11.8 Å². The number of fused-ring (bicyclic) bond motifs is 1. The Morgan fingerprint density at radius 3 is 1.81 bits per heavy atom. The Labute approximate surface area is 156 Å². The zero-order chi connectivity index (χ0) is 18.8. The number of hydrogen-bond donors (Lipinski definition) is 0. The molecule has 0 saturated heterocycles. The SMILES string of the molecule is CC[C@@H]1c2cc(OC)c(OC)cc2[C@@H](c2ccc(OC)c(OC)c2)[C@@H]1C. The highest BCUT2D eigenvalue weighted by molar-refractivity contribution is 5.56. The molecule has 0 saturated carbocycles. The van der Waals surface area contributed by atoms with Crippen LogP contribution in [0.5, 0.6) is 23.0 Å². The first-order chi connectivity index (χ1) is 12.6. The maximum Gasteiger partial charge on any atom is 0.161 e. The Morgan fingerprint density at radius 2 is 1.27 bits per heavy atom. The Morgan fingerprint density at radius 1 is 0.731 bits per heavy atom. The van der Waals surface area contributed by atoms with Crippen LogP contribution in [0, 0.1) is 5.92 Å². The lowest BCUT2D eigenvalue weighted by Crippen LogP contribution is -2.09. The quantitative estimate of drug-likeness (QED) is 0.730. The van der Waals surface area contributed by atoms with Crippen molar-refractivity contribution in [2.75, 3.05) is 28.4 Å². The van der Waals surface area contributed by atoms with Gasteiger partial charge in [-0.2, -0.15) is 0 Å². The van der Waals surface area contributed by atoms with E-state index in [0.717, 1.165) is 29.4 Å². The van der Waals surface area contributed by atoms with Gasteiger partial charge in [-0.25, -0.2) is 0 Å². The van der Waals surface area contributed by atoms with E-state index in [-0.39, 0.29) is 5.92 Å². The largest absolute Gasteiger partial charge is 0.493 e. The molecule has 0 bridgehead atoms. The lowest BCUT2D eigenvalue weighted by atomic mass is 9.83. The maximum atomic E-state index is 5.56. The lowest BCUT2D eigenvalue weighted by Gasteiger charge is -2.22. The molecule has 0 N–H and O–H groups in total. The van der Waals surface area contributed by atoms with Gasteiger partial charge in [-0.05, 0) is 59.2 Å². The van der Waals surface area contributed by atoms with E-state index in [2.05, 4.69) is 38.1 Å². The van der Waals surface area contributed by atoms with Crippen molar-refractivity contribution in [3.8, 4) is 23.0 Å². The van der Waals surface area contributed by atoms with E-state index >= 15 is 0 Å². The van der Waals surface area contributed by atoms with Crippen molar-refractivity contribution in [3.05, 3.63) is 47.0 Å². The molecule has 0 aromatic heterocycles. The minimum Gasteiger partial charge on any atom is -0.493 e. The Hall–Kier alpha value is -2.36. The molecule has 140 valence electrons. The molecule has 4 nitrogen and oxygen atoms in total. The van der Waals surface area contributed by atoms with Crippen molar-refractivity contribution in [2.45, 2.75) is 32.1 Å². The highest BCUT2D eigenvalue weighted by atomic mass is 16.5. The van der Waals surface area contributed by atoms with Gasteiger partial charge < -0.3 is 18.9 Å². The third-order valence-corrected chi connectivity index (χ3v) is 5.69. The normalized spacial score (nSPS) is 21.2. The smallest absolute Gasteiger partial charge is 0.161 e. The number of hydrogen-bond acceptors (Lipinski definition) is 4. The van der Waals surface area contributed by atoms with Crippen LogP contribution in [0.15, 0.2) is 30.3 Å². The van der Waals surface area contributed by atoms with Gasteiger partial charge >= 0.3 is 0 Å². The third-order valence-electron chi connectivity index (χ3n) is 5.69. The topological polar surface area (TPSA) is 36.9 Å². The van der Waals surface area contributed by atoms with Crippen LogP contribution >= 0.6 is 0 Å². The molecule has 1 aliphatic carbocycles. The van der Waals surface area contributed by atoms with Crippen LogP contribution in [-0.2, 0) is 0 Å². The molecule has 4 heteroatoms. The third kappa shape index (κ3) is 2.87. The van der Waals surface area contributed by atoms with Crippen LogP contribution < -0.4 is 18.9 Å². The van der Waals surface area contributed by atoms with Gasteiger partial charge in [0, 0.05) is 5.92 Å². The minimum atomic E-state index is 0.287. The van der Waals surface area contributed by atoms with E-state index in [1.54, 1.807) is 28.4 Å². The van der Waals surface area contributed by atoms with E-state index in [1.165, 1.54) is 16.7 Å². The monoisotopic (exact) mass is 356 g/mol. The summed E-state index contributed by atoms with van der Waals surface area (Å²) < 4.78 is 22.0. The van der Waals surface area contributed by atoms with Crippen molar-refractivity contribution in [1.29, 1.82) is 0 Å². The minimum absolute atomic E-state index is 0.287. The molecule has 1 aliphatic rings. The first-order valence-electron chi connectivity index (χ1n) is 9.07. The van der Waals surface area contributed by atoms with Gasteiger partial charge in [-0.3, -0.25) is 0 Å². The van der Waals surface area contributed by atoms with Gasteiger partial charge in [0.15, 0.2) is 23.0 Å². The fourth-order valence-corrected chi connectivity index (χ4v) is 4.42. The summed E-state index contributed by atoms with van der Waals surface area (Å²) in [5.41, 5.74) is 3.91. The van der Waals surface area contributed by atoms with Gasteiger partial charge in [0.05, 0.1) is 28.4 Å². The summed E-state index contributed by atoms with van der Waals surface area (Å²) >= 11 is 0. The Bertz CT molecular complexity index is 784. The van der Waals surface area contributed by atoms with Gasteiger partial charge in [0.2, 0.25) is 0 Å². The molecular weight excluding hydrogens is 328 g/mol. The molecule has 0 aliphatic heterocycles. The van der Waals surface area contributed by atoms with Crippen molar-refractivity contribution in [2.24, 2.45) is 5.92 Å². The molecule has 0 amide bonds. The van der Waals surface area contributed by atoms with Crippen LogP contribution in [-0.4, -0.2) is 28.4 Å². The molecule has 3 rings (SSSR count). The molecule has 2 aromatic rings. The zero-order valence-corrected chi connectivity index (χ0v) is 16.5. The number of benzene rings is 2. The molecule has 3 atom stereocenters. The Balaban J connectivity index is 2.15. The first kappa shape index (κ1) is 18.4. The first-order valence-corrected chi connectivity index (χ1v) is 9.07. The molecule has 0 unspecified atom stereocenters. The van der Waals surface area contributed by atoms with Crippen molar-refractivity contribution >= 4 is 0 Å². The van der Waals surface area contributed by atoms with Gasteiger partial charge in [0.25, 0.3) is 0 Å². The number of methoxy groups -OCH3 is 4. The molecule has 26 heavy (non-hydrogen) atoms. The summed E-state index contributed by atoms with van der Waals surface area (Å²) in [6.45, 7) is 4.58. The average molecular weight is 356 g/mol. The predicted octanol–water partition coefficient (Wildman–Crippen LogP) is 5.00. The highest BCUT2D eigenvalue weighted by Crippen LogP contribution is 2.54. The lowest BCUT2D eigenvalue weighted by molar-refractivity contribution is 0.353. The molecule has 2 aromatic carbocycles. The molecule has 0 heterocycles. The van der Waals surface area contributed by atoms with E-state index < -0.39 is 0 Å². The average Bonchev–Trinajstić information content (AvgIpc) is 2.96. The van der Waals surface area contributed by atoms with Crippen LogP contribution in [0.25, 0.3) is 0 Å². The Kier molecular flexibility index (Phi) is 5.30. The summed E-state index contributed by atoms with van der Waals surface area (Å²) in [4.78, 5) is 0. The fraction of sp³-hybridized carbons (Fsp3) is 0.455. The number of ether oxygens (including phenoxy) is 4. The number of rotatable bonds is 6. The van der Waals surface area contributed by atoms with Gasteiger partial charge in [0.1, 0.15) is 0 Å². The standard InChI is InChI=1S/C22H28O4/c1-7-15-13(2)22(14-8-9-18(23-3)19(10-14)24-4)17-12-21(26-6)20(25-5)11-16(15)17/h8-13,15,22H,7H2,1-6H3/t13-,15+,22-/m1/s1. The second-order valence-corrected chi connectivity index (χ2v) is 6.80. The molecule has 0 radical (unpaired) electrons. The summed E-state index contributed by atoms with van der Waals surface area (Å²) in [6.07, 6.45) is 1.09. The van der Waals surface area contributed by atoms with Crippen molar-refractivity contribution < 1.29 is 18.9 Å². The summed E-state index contributed by atoms with van der Waals surface area (Å²) in [5, 5.41) is 0. The predicted molar refractivity (Wildman–Crippen MR) is 103 cm³/mol. The van der Waals surface area contributed by atoms with Gasteiger partial charge in [-0.15, -0.1) is 0 Å². The highest BCUT2D eigenvalue weighted by Gasteiger charge is 2.39. The summed E-state index contributed by atoms with van der Waals surface area (Å²) in [7, 11) is 6.71. The van der Waals surface area contributed by atoms with E-state index in [4.69, 9.17) is 18.9 Å². The summed E-state index contributed by atoms with van der Waals surface area (Å²) in [5.74, 6) is 4.34. The maximum absolute atomic E-state index is 5.56. The zero-order valence-electron chi connectivity index (χ0n) is 16.5. The van der Waals surface area contributed by atoms with Crippen LogP contribution in [0.1, 0.15) is 48.8 Å².